The normalized spacial score (nSPS) is 16.2. The number of ether oxygens (including phenoxy) is 2. The highest BCUT2D eigenvalue weighted by molar-refractivity contribution is 5.56. The summed E-state index contributed by atoms with van der Waals surface area (Å²) in [5, 5.41) is 10.9. The molecular formula is C22H27N3O3. The van der Waals surface area contributed by atoms with Gasteiger partial charge in [0.15, 0.2) is 5.76 Å². The summed E-state index contributed by atoms with van der Waals surface area (Å²) in [7, 11) is 1.70. The highest BCUT2D eigenvalue weighted by atomic mass is 16.5. The molecule has 0 amide bonds. The molecule has 148 valence electrons. The largest absolute Gasteiger partial charge is 0.497 e. The molecule has 0 aliphatic carbocycles. The third-order valence-electron chi connectivity index (χ3n) is 5.64. The van der Waals surface area contributed by atoms with E-state index in [1.54, 1.807) is 7.11 Å². The summed E-state index contributed by atoms with van der Waals surface area (Å²) in [6, 6.07) is 12.4. The lowest BCUT2D eigenvalue weighted by Crippen LogP contribution is -2.42. The van der Waals surface area contributed by atoms with Gasteiger partial charge in [0.05, 0.1) is 13.3 Å². The van der Waals surface area contributed by atoms with Crippen LogP contribution in [-0.2, 0) is 16.7 Å². The summed E-state index contributed by atoms with van der Waals surface area (Å²) in [5.41, 5.74) is 3.44. The monoisotopic (exact) mass is 381 g/mol. The standard InChI is InChI=1S/C22H27N3O3/c1-16-3-8-20(28-16)21-17(14-24-25-21)13-23-15-22(9-11-27-12-10-22)18-4-6-19(26-2)7-5-18/h3-8,14,23H,9-13,15H2,1-2H3,(H,24,25). The third-order valence-corrected chi connectivity index (χ3v) is 5.64. The Labute approximate surface area is 165 Å². The van der Waals surface area contributed by atoms with E-state index >= 15 is 0 Å². The predicted molar refractivity (Wildman–Crippen MR) is 107 cm³/mol. The van der Waals surface area contributed by atoms with Crippen LogP contribution in [0.2, 0.25) is 0 Å². The van der Waals surface area contributed by atoms with Gasteiger partial charge >= 0.3 is 0 Å². The van der Waals surface area contributed by atoms with Crippen molar-refractivity contribution in [2.24, 2.45) is 0 Å². The van der Waals surface area contributed by atoms with Gasteiger partial charge < -0.3 is 19.2 Å². The first kappa shape index (κ1) is 18.8. The lowest BCUT2D eigenvalue weighted by atomic mass is 9.74. The van der Waals surface area contributed by atoms with Gasteiger partial charge in [0, 0.05) is 37.3 Å². The first-order valence-electron chi connectivity index (χ1n) is 9.72. The highest BCUT2D eigenvalue weighted by Crippen LogP contribution is 2.35. The van der Waals surface area contributed by atoms with Crippen LogP contribution in [0.5, 0.6) is 5.75 Å². The average molecular weight is 381 g/mol. The van der Waals surface area contributed by atoms with Crippen molar-refractivity contribution < 1.29 is 13.9 Å². The molecule has 6 heteroatoms. The van der Waals surface area contributed by atoms with E-state index in [4.69, 9.17) is 13.9 Å². The lowest BCUT2D eigenvalue weighted by molar-refractivity contribution is 0.0497. The molecule has 0 unspecified atom stereocenters. The molecular weight excluding hydrogens is 354 g/mol. The number of nitrogens with one attached hydrogen (secondary N) is 2. The minimum atomic E-state index is 0.0652. The molecule has 3 aromatic rings. The van der Waals surface area contributed by atoms with Gasteiger partial charge in [0.25, 0.3) is 0 Å². The van der Waals surface area contributed by atoms with Gasteiger partial charge in [-0.1, -0.05) is 12.1 Å². The van der Waals surface area contributed by atoms with Crippen LogP contribution in [-0.4, -0.2) is 37.1 Å². The molecule has 1 fully saturated rings. The molecule has 0 radical (unpaired) electrons. The molecule has 0 saturated carbocycles. The number of nitrogens with zero attached hydrogens (tertiary/aromatic N) is 1. The number of H-pyrrole nitrogens is 1. The Morgan fingerprint density at radius 2 is 1.93 bits per heavy atom. The van der Waals surface area contributed by atoms with Gasteiger partial charge in [0.2, 0.25) is 0 Å². The van der Waals surface area contributed by atoms with E-state index in [-0.39, 0.29) is 5.41 Å². The zero-order valence-electron chi connectivity index (χ0n) is 16.5. The van der Waals surface area contributed by atoms with E-state index in [0.717, 1.165) is 67.7 Å². The molecule has 0 atom stereocenters. The molecule has 6 nitrogen and oxygen atoms in total. The SMILES string of the molecule is COc1ccc(C2(CNCc3cn[nH]c3-c3ccc(C)o3)CCOCC2)cc1. The summed E-state index contributed by atoms with van der Waals surface area (Å²) in [6.45, 7) is 5.13. The lowest BCUT2D eigenvalue weighted by Gasteiger charge is -2.38. The fourth-order valence-electron chi connectivity index (χ4n) is 3.94. The third kappa shape index (κ3) is 3.84. The Morgan fingerprint density at radius 1 is 1.14 bits per heavy atom. The summed E-state index contributed by atoms with van der Waals surface area (Å²) in [5.74, 6) is 2.60. The first-order chi connectivity index (χ1) is 13.7. The van der Waals surface area contributed by atoms with Crippen molar-refractivity contribution in [1.29, 1.82) is 0 Å². The second kappa shape index (κ2) is 8.20. The van der Waals surface area contributed by atoms with Crippen molar-refractivity contribution in [1.82, 2.24) is 15.5 Å². The van der Waals surface area contributed by atoms with Crippen molar-refractivity contribution in [2.75, 3.05) is 26.9 Å². The molecule has 0 bridgehead atoms. The minimum Gasteiger partial charge on any atom is -0.497 e. The number of hydrogen-bond donors (Lipinski definition) is 2. The molecule has 1 aliphatic rings. The van der Waals surface area contributed by atoms with Crippen molar-refractivity contribution in [2.45, 2.75) is 31.7 Å². The van der Waals surface area contributed by atoms with Gasteiger partial charge in [-0.15, -0.1) is 0 Å². The maximum absolute atomic E-state index is 5.75. The van der Waals surface area contributed by atoms with Crippen molar-refractivity contribution in [3.63, 3.8) is 0 Å². The fourth-order valence-corrected chi connectivity index (χ4v) is 3.94. The Hall–Kier alpha value is -2.57. The number of methoxy groups -OCH3 is 1. The van der Waals surface area contributed by atoms with Crippen LogP contribution < -0.4 is 10.1 Å². The number of aromatic nitrogens is 2. The van der Waals surface area contributed by atoms with E-state index in [9.17, 15) is 0 Å². The molecule has 1 aliphatic heterocycles. The van der Waals surface area contributed by atoms with E-state index in [0.29, 0.717) is 0 Å². The second-order valence-electron chi connectivity index (χ2n) is 7.41. The molecule has 2 N–H and O–H groups in total. The molecule has 28 heavy (non-hydrogen) atoms. The van der Waals surface area contributed by atoms with Gasteiger partial charge in [-0.2, -0.15) is 5.10 Å². The number of aromatic amines is 1. The first-order valence-corrected chi connectivity index (χ1v) is 9.72. The number of benzene rings is 1. The second-order valence-corrected chi connectivity index (χ2v) is 7.41. The van der Waals surface area contributed by atoms with Gasteiger partial charge in [-0.25, -0.2) is 0 Å². The Balaban J connectivity index is 1.48. The van der Waals surface area contributed by atoms with Crippen LogP contribution in [0.15, 0.2) is 47.0 Å². The average Bonchev–Trinajstić information content (AvgIpc) is 3.37. The maximum atomic E-state index is 5.75. The molecule has 0 spiro atoms. The van der Waals surface area contributed by atoms with Crippen LogP contribution >= 0.6 is 0 Å². The Bertz CT molecular complexity index is 892. The highest BCUT2D eigenvalue weighted by Gasteiger charge is 2.34. The fraction of sp³-hybridized carbons (Fsp3) is 0.409. The summed E-state index contributed by atoms with van der Waals surface area (Å²) in [6.07, 6.45) is 3.87. The van der Waals surface area contributed by atoms with Crippen LogP contribution in [0.1, 0.15) is 29.7 Å². The zero-order chi connectivity index (χ0) is 19.4. The number of furan rings is 1. The van der Waals surface area contributed by atoms with E-state index in [2.05, 4.69) is 27.6 Å². The smallest absolute Gasteiger partial charge is 0.152 e. The summed E-state index contributed by atoms with van der Waals surface area (Å²) >= 11 is 0. The molecule has 4 rings (SSSR count). The molecule has 1 saturated heterocycles. The van der Waals surface area contributed by atoms with E-state index in [1.807, 2.05) is 37.4 Å². The number of aryl methyl sites for hydroxylation is 1. The summed E-state index contributed by atoms with van der Waals surface area (Å²) in [4.78, 5) is 0. The van der Waals surface area contributed by atoms with Gasteiger partial charge in [-0.05, 0) is 49.6 Å². The van der Waals surface area contributed by atoms with Crippen molar-refractivity contribution in [3.05, 3.63) is 59.5 Å². The van der Waals surface area contributed by atoms with E-state index in [1.165, 1.54) is 5.56 Å². The molecule has 1 aromatic carbocycles. The number of rotatable bonds is 7. The van der Waals surface area contributed by atoms with Crippen molar-refractivity contribution in [3.8, 4) is 17.2 Å². The minimum absolute atomic E-state index is 0.0652. The Kier molecular flexibility index (Phi) is 5.50. The van der Waals surface area contributed by atoms with Crippen LogP contribution in [0.25, 0.3) is 11.5 Å². The van der Waals surface area contributed by atoms with Crippen LogP contribution in [0.4, 0.5) is 0 Å². The molecule has 2 aromatic heterocycles. The van der Waals surface area contributed by atoms with Gasteiger partial charge in [0.1, 0.15) is 17.2 Å². The summed E-state index contributed by atoms with van der Waals surface area (Å²) < 4.78 is 16.7. The quantitative estimate of drug-likeness (QED) is 0.651. The maximum Gasteiger partial charge on any atom is 0.152 e. The van der Waals surface area contributed by atoms with E-state index < -0.39 is 0 Å². The predicted octanol–water partition coefficient (Wildman–Crippen LogP) is 3.82. The van der Waals surface area contributed by atoms with Crippen molar-refractivity contribution >= 4 is 0 Å². The topological polar surface area (TPSA) is 72.3 Å². The zero-order valence-corrected chi connectivity index (χ0v) is 16.5. The van der Waals surface area contributed by atoms with Gasteiger partial charge in [-0.3, -0.25) is 5.10 Å². The molecule has 3 heterocycles. The van der Waals surface area contributed by atoms with Crippen LogP contribution in [0, 0.1) is 6.92 Å². The van der Waals surface area contributed by atoms with Crippen LogP contribution in [0.3, 0.4) is 0 Å². The Morgan fingerprint density at radius 3 is 2.61 bits per heavy atom. The number of hydrogen-bond acceptors (Lipinski definition) is 5.